The number of anilines is 2. The molecule has 18 heavy (non-hydrogen) atoms. The lowest BCUT2D eigenvalue weighted by atomic mass is 10.5. The summed E-state index contributed by atoms with van der Waals surface area (Å²) in [6, 6.07) is 1.71. The standard InChI is InChI=1S/C11H21N5O2/c1-16(6-7-17-2)5-4-13-9-8-10(18-3)15-11(12)14-9/h8H,4-7H2,1-3H3,(H3,12,13,14,15). The topological polar surface area (TPSA) is 85.5 Å². The highest BCUT2D eigenvalue weighted by Crippen LogP contribution is 2.13. The minimum Gasteiger partial charge on any atom is -0.481 e. The number of hydrogen-bond donors (Lipinski definition) is 2. The van der Waals surface area contributed by atoms with E-state index >= 15 is 0 Å². The maximum Gasteiger partial charge on any atom is 0.225 e. The molecule has 3 N–H and O–H groups in total. The third kappa shape index (κ3) is 5.15. The summed E-state index contributed by atoms with van der Waals surface area (Å²) in [5.74, 6) is 1.32. The number of ether oxygens (including phenoxy) is 2. The molecule has 0 aliphatic carbocycles. The maximum atomic E-state index is 5.56. The van der Waals surface area contributed by atoms with Crippen molar-refractivity contribution in [2.75, 3.05) is 58.6 Å². The number of aromatic nitrogens is 2. The van der Waals surface area contributed by atoms with Gasteiger partial charge in [-0.1, -0.05) is 0 Å². The third-order valence-corrected chi connectivity index (χ3v) is 2.41. The number of hydrogen-bond acceptors (Lipinski definition) is 7. The Morgan fingerprint density at radius 1 is 1.33 bits per heavy atom. The molecule has 1 heterocycles. The van der Waals surface area contributed by atoms with Crippen molar-refractivity contribution in [1.29, 1.82) is 0 Å². The molecule has 0 aliphatic rings. The molecule has 0 fully saturated rings. The van der Waals surface area contributed by atoms with Gasteiger partial charge < -0.3 is 25.4 Å². The largest absolute Gasteiger partial charge is 0.481 e. The van der Waals surface area contributed by atoms with Crippen LogP contribution >= 0.6 is 0 Å². The van der Waals surface area contributed by atoms with Crippen LogP contribution in [0.15, 0.2) is 6.07 Å². The zero-order valence-corrected chi connectivity index (χ0v) is 11.1. The van der Waals surface area contributed by atoms with Gasteiger partial charge in [-0.25, -0.2) is 0 Å². The number of likely N-dealkylation sites (N-methyl/N-ethyl adjacent to an activating group) is 1. The Bertz CT molecular complexity index is 361. The van der Waals surface area contributed by atoms with Gasteiger partial charge in [0.15, 0.2) is 0 Å². The lowest BCUT2D eigenvalue weighted by Gasteiger charge is -2.16. The second-order valence-electron chi connectivity index (χ2n) is 3.88. The predicted molar refractivity (Wildman–Crippen MR) is 70.9 cm³/mol. The van der Waals surface area contributed by atoms with Crippen LogP contribution in [0.25, 0.3) is 0 Å². The van der Waals surface area contributed by atoms with Gasteiger partial charge in [0.1, 0.15) is 5.82 Å². The van der Waals surface area contributed by atoms with Gasteiger partial charge in [-0.2, -0.15) is 9.97 Å². The summed E-state index contributed by atoms with van der Waals surface area (Å²) in [5.41, 5.74) is 5.56. The van der Waals surface area contributed by atoms with Crippen LogP contribution in [0.5, 0.6) is 5.88 Å². The number of rotatable bonds is 8. The average Bonchev–Trinajstić information content (AvgIpc) is 2.35. The SMILES string of the molecule is COCCN(C)CCNc1cc(OC)nc(N)n1. The Kier molecular flexibility index (Phi) is 6.16. The van der Waals surface area contributed by atoms with Crippen molar-refractivity contribution in [3.8, 4) is 5.88 Å². The zero-order valence-electron chi connectivity index (χ0n) is 11.1. The van der Waals surface area contributed by atoms with Crippen LogP contribution in [0.1, 0.15) is 0 Å². The van der Waals surface area contributed by atoms with E-state index in [9.17, 15) is 0 Å². The summed E-state index contributed by atoms with van der Waals surface area (Å²) in [6.45, 7) is 3.27. The molecule has 0 atom stereocenters. The van der Waals surface area contributed by atoms with Crippen molar-refractivity contribution < 1.29 is 9.47 Å². The number of methoxy groups -OCH3 is 2. The normalized spacial score (nSPS) is 10.7. The van der Waals surface area contributed by atoms with E-state index < -0.39 is 0 Å². The van der Waals surface area contributed by atoms with E-state index in [4.69, 9.17) is 15.2 Å². The Morgan fingerprint density at radius 2 is 2.11 bits per heavy atom. The molecule has 1 aromatic rings. The van der Waals surface area contributed by atoms with E-state index in [1.165, 1.54) is 0 Å². The quantitative estimate of drug-likeness (QED) is 0.679. The van der Waals surface area contributed by atoms with E-state index in [2.05, 4.69) is 20.2 Å². The van der Waals surface area contributed by atoms with Gasteiger partial charge in [-0.05, 0) is 7.05 Å². The Morgan fingerprint density at radius 3 is 2.78 bits per heavy atom. The van der Waals surface area contributed by atoms with Crippen LogP contribution in [0.3, 0.4) is 0 Å². The van der Waals surface area contributed by atoms with Crippen molar-refractivity contribution in [1.82, 2.24) is 14.9 Å². The van der Waals surface area contributed by atoms with Crippen molar-refractivity contribution in [2.24, 2.45) is 0 Å². The first-order valence-corrected chi connectivity index (χ1v) is 5.75. The van der Waals surface area contributed by atoms with Gasteiger partial charge in [0.2, 0.25) is 11.8 Å². The van der Waals surface area contributed by atoms with Gasteiger partial charge in [0.05, 0.1) is 13.7 Å². The third-order valence-electron chi connectivity index (χ3n) is 2.41. The summed E-state index contributed by atoms with van der Waals surface area (Å²) in [7, 11) is 5.28. The zero-order chi connectivity index (χ0) is 13.4. The van der Waals surface area contributed by atoms with Crippen LogP contribution in [0.2, 0.25) is 0 Å². The molecule has 1 rings (SSSR count). The predicted octanol–water partition coefficient (Wildman–Crippen LogP) is 0.0575. The Labute approximate surface area is 107 Å². The summed E-state index contributed by atoms with van der Waals surface area (Å²) < 4.78 is 10.0. The molecule has 0 aliphatic heterocycles. The summed E-state index contributed by atoms with van der Waals surface area (Å²) >= 11 is 0. The Balaban J connectivity index is 2.36. The molecular weight excluding hydrogens is 234 g/mol. The molecule has 0 unspecified atom stereocenters. The van der Waals surface area contributed by atoms with E-state index in [-0.39, 0.29) is 5.95 Å². The monoisotopic (exact) mass is 255 g/mol. The molecule has 0 spiro atoms. The number of nitrogens with two attached hydrogens (primary N) is 1. The first-order valence-electron chi connectivity index (χ1n) is 5.75. The van der Waals surface area contributed by atoms with Crippen molar-refractivity contribution >= 4 is 11.8 Å². The highest BCUT2D eigenvalue weighted by molar-refractivity contribution is 5.42. The molecule has 0 amide bonds. The van der Waals surface area contributed by atoms with E-state index in [1.54, 1.807) is 20.3 Å². The first kappa shape index (κ1) is 14.5. The van der Waals surface area contributed by atoms with Gasteiger partial charge in [0, 0.05) is 32.8 Å². The smallest absolute Gasteiger partial charge is 0.225 e. The summed E-state index contributed by atoms with van der Waals surface area (Å²) in [5, 5.41) is 3.17. The second-order valence-corrected chi connectivity index (χ2v) is 3.88. The molecule has 7 nitrogen and oxygen atoms in total. The average molecular weight is 255 g/mol. The fraction of sp³-hybridized carbons (Fsp3) is 0.636. The molecule has 7 heteroatoms. The van der Waals surface area contributed by atoms with Gasteiger partial charge in [-0.3, -0.25) is 0 Å². The molecule has 0 aromatic carbocycles. The van der Waals surface area contributed by atoms with Crippen LogP contribution in [0, 0.1) is 0 Å². The molecule has 0 bridgehead atoms. The Hall–Kier alpha value is -1.60. The fourth-order valence-corrected chi connectivity index (χ4v) is 1.37. The lowest BCUT2D eigenvalue weighted by Crippen LogP contribution is -2.28. The molecule has 1 aromatic heterocycles. The van der Waals surface area contributed by atoms with E-state index in [1.807, 2.05) is 7.05 Å². The van der Waals surface area contributed by atoms with Crippen molar-refractivity contribution in [3.05, 3.63) is 6.07 Å². The molecule has 0 saturated heterocycles. The van der Waals surface area contributed by atoms with Gasteiger partial charge in [0.25, 0.3) is 0 Å². The first-order chi connectivity index (χ1) is 8.65. The van der Waals surface area contributed by atoms with Crippen LogP contribution in [-0.4, -0.2) is 62.4 Å². The minimum atomic E-state index is 0.199. The number of nitrogen functional groups attached to an aromatic ring is 1. The summed E-state index contributed by atoms with van der Waals surface area (Å²) in [4.78, 5) is 10.2. The van der Waals surface area contributed by atoms with E-state index in [0.29, 0.717) is 11.7 Å². The molecular formula is C11H21N5O2. The van der Waals surface area contributed by atoms with Crippen LogP contribution in [0.4, 0.5) is 11.8 Å². The lowest BCUT2D eigenvalue weighted by molar-refractivity contribution is 0.163. The van der Waals surface area contributed by atoms with Crippen LogP contribution in [-0.2, 0) is 4.74 Å². The van der Waals surface area contributed by atoms with E-state index in [0.717, 1.165) is 26.2 Å². The molecule has 0 saturated carbocycles. The van der Waals surface area contributed by atoms with Crippen molar-refractivity contribution in [2.45, 2.75) is 0 Å². The van der Waals surface area contributed by atoms with Gasteiger partial charge >= 0.3 is 0 Å². The van der Waals surface area contributed by atoms with Crippen molar-refractivity contribution in [3.63, 3.8) is 0 Å². The van der Waals surface area contributed by atoms with Crippen LogP contribution < -0.4 is 15.8 Å². The highest BCUT2D eigenvalue weighted by atomic mass is 16.5. The highest BCUT2D eigenvalue weighted by Gasteiger charge is 2.02. The molecule has 102 valence electrons. The second kappa shape index (κ2) is 7.67. The maximum absolute atomic E-state index is 5.56. The number of nitrogens with one attached hydrogen (secondary N) is 1. The number of nitrogens with zero attached hydrogens (tertiary/aromatic N) is 3. The fourth-order valence-electron chi connectivity index (χ4n) is 1.37. The summed E-state index contributed by atoms with van der Waals surface area (Å²) in [6.07, 6.45) is 0. The minimum absolute atomic E-state index is 0.199. The van der Waals surface area contributed by atoms with Gasteiger partial charge in [-0.15, -0.1) is 0 Å². The molecule has 0 radical (unpaired) electrons.